The molecule has 2 fully saturated rings. The Morgan fingerprint density at radius 2 is 2.04 bits per heavy atom. The summed E-state index contributed by atoms with van der Waals surface area (Å²) in [5.41, 5.74) is 6.72. The van der Waals surface area contributed by atoms with Crippen LogP contribution in [0.5, 0.6) is 0 Å². The van der Waals surface area contributed by atoms with E-state index >= 15 is 0 Å². The summed E-state index contributed by atoms with van der Waals surface area (Å²) in [5.74, 6) is 1.50. The Balaban J connectivity index is 1.57. The first-order valence-electron chi connectivity index (χ1n) is 10.1. The molecule has 3 heterocycles. The molecule has 1 saturated heterocycles. The van der Waals surface area contributed by atoms with Crippen LogP contribution in [-0.2, 0) is 4.79 Å². The fourth-order valence-corrected chi connectivity index (χ4v) is 5.02. The Kier molecular flexibility index (Phi) is 5.33. The van der Waals surface area contributed by atoms with Gasteiger partial charge in [-0.25, -0.2) is 15.0 Å². The summed E-state index contributed by atoms with van der Waals surface area (Å²) < 4.78 is 0. The van der Waals surface area contributed by atoms with Crippen molar-refractivity contribution in [2.24, 2.45) is 5.73 Å². The van der Waals surface area contributed by atoms with Gasteiger partial charge < -0.3 is 16.0 Å². The number of carbonyl (C=O) groups excluding carboxylic acids is 1. The first-order chi connectivity index (χ1) is 13.4. The Morgan fingerprint density at radius 3 is 2.75 bits per heavy atom. The quantitative estimate of drug-likeness (QED) is 0.814. The minimum Gasteiger partial charge on any atom is -0.332 e. The second-order valence-electron chi connectivity index (χ2n) is 8.00. The summed E-state index contributed by atoms with van der Waals surface area (Å²) in [7, 11) is 0. The number of hydrogen-bond donors (Lipinski definition) is 2. The lowest BCUT2D eigenvalue weighted by atomic mass is 9.81. The van der Waals surface area contributed by atoms with E-state index < -0.39 is 5.54 Å². The van der Waals surface area contributed by atoms with E-state index in [0.29, 0.717) is 5.82 Å². The monoisotopic (exact) mass is 400 g/mol. The van der Waals surface area contributed by atoms with Crippen LogP contribution in [0, 0.1) is 13.8 Å². The average molecular weight is 401 g/mol. The van der Waals surface area contributed by atoms with Crippen LogP contribution in [0.1, 0.15) is 67.4 Å². The van der Waals surface area contributed by atoms with Gasteiger partial charge in [0.1, 0.15) is 11.6 Å². The zero-order chi connectivity index (χ0) is 19.7. The number of nitrogens with two attached hydrogens (primary N) is 1. The summed E-state index contributed by atoms with van der Waals surface area (Å²) in [4.78, 5) is 29.9. The SMILES string of the molecule is Cc1nc(Nc2ncc(C)s2)cc(C2CCCN2C(=O)C2(N)CCCCC2)n1. The lowest BCUT2D eigenvalue weighted by Crippen LogP contribution is -2.56. The van der Waals surface area contributed by atoms with Gasteiger partial charge in [-0.15, -0.1) is 11.3 Å². The first-order valence-corrected chi connectivity index (χ1v) is 10.9. The molecule has 1 saturated carbocycles. The predicted molar refractivity (Wildman–Crippen MR) is 111 cm³/mol. The molecular weight excluding hydrogens is 372 g/mol. The molecule has 1 unspecified atom stereocenters. The fourth-order valence-electron chi connectivity index (χ4n) is 4.35. The standard InChI is InChI=1S/C20H28N6OS/c1-13-12-22-19(28-13)25-17-11-15(23-14(2)24-17)16-7-6-10-26(16)18(27)20(21)8-4-3-5-9-20/h11-12,16H,3-10,21H2,1-2H3,(H,22,23,24,25). The highest BCUT2D eigenvalue weighted by Gasteiger charge is 2.42. The third-order valence-corrected chi connectivity index (χ3v) is 6.57. The van der Waals surface area contributed by atoms with Crippen molar-refractivity contribution < 1.29 is 4.79 Å². The van der Waals surface area contributed by atoms with E-state index in [9.17, 15) is 4.79 Å². The minimum absolute atomic E-state index is 0.0323. The summed E-state index contributed by atoms with van der Waals surface area (Å²) in [5, 5.41) is 4.08. The topological polar surface area (TPSA) is 97.0 Å². The molecule has 1 amide bonds. The van der Waals surface area contributed by atoms with Gasteiger partial charge in [0.25, 0.3) is 0 Å². The van der Waals surface area contributed by atoms with E-state index in [4.69, 9.17) is 5.73 Å². The number of likely N-dealkylation sites (tertiary alicyclic amines) is 1. The van der Waals surface area contributed by atoms with E-state index in [2.05, 4.69) is 20.3 Å². The van der Waals surface area contributed by atoms with E-state index in [1.54, 1.807) is 11.3 Å². The van der Waals surface area contributed by atoms with Crippen molar-refractivity contribution in [2.45, 2.75) is 70.4 Å². The minimum atomic E-state index is -0.706. The molecule has 1 aliphatic heterocycles. The van der Waals surface area contributed by atoms with E-state index in [0.717, 1.165) is 66.6 Å². The van der Waals surface area contributed by atoms with Crippen LogP contribution in [0.2, 0.25) is 0 Å². The molecule has 0 aromatic carbocycles. The van der Waals surface area contributed by atoms with Gasteiger partial charge in [-0.3, -0.25) is 4.79 Å². The third-order valence-electron chi connectivity index (χ3n) is 5.74. The van der Waals surface area contributed by atoms with Gasteiger partial charge in [-0.1, -0.05) is 19.3 Å². The van der Waals surface area contributed by atoms with Crippen molar-refractivity contribution in [3.8, 4) is 0 Å². The number of rotatable bonds is 4. The molecule has 1 atom stereocenters. The van der Waals surface area contributed by atoms with E-state index in [-0.39, 0.29) is 11.9 Å². The van der Waals surface area contributed by atoms with Crippen LogP contribution in [0.4, 0.5) is 10.9 Å². The molecule has 7 nitrogen and oxygen atoms in total. The molecule has 0 radical (unpaired) electrons. The number of nitrogens with one attached hydrogen (secondary N) is 1. The van der Waals surface area contributed by atoms with Gasteiger partial charge in [0.15, 0.2) is 5.13 Å². The molecule has 1 aliphatic carbocycles. The molecule has 150 valence electrons. The second kappa shape index (κ2) is 7.75. The molecular formula is C20H28N6OS. The highest BCUT2D eigenvalue weighted by atomic mass is 32.1. The number of nitrogens with zero attached hydrogens (tertiary/aromatic N) is 4. The molecule has 4 rings (SSSR count). The van der Waals surface area contributed by atoms with Gasteiger partial charge in [-0.05, 0) is 39.5 Å². The number of carbonyl (C=O) groups is 1. The molecule has 0 bridgehead atoms. The fraction of sp³-hybridized carbons (Fsp3) is 0.600. The number of aryl methyl sites for hydroxylation is 2. The van der Waals surface area contributed by atoms with Crippen LogP contribution in [0.25, 0.3) is 0 Å². The highest BCUT2D eigenvalue weighted by Crippen LogP contribution is 2.36. The molecule has 8 heteroatoms. The smallest absolute Gasteiger partial charge is 0.243 e. The lowest BCUT2D eigenvalue weighted by Gasteiger charge is -2.37. The van der Waals surface area contributed by atoms with Gasteiger partial charge in [0.2, 0.25) is 5.91 Å². The maximum atomic E-state index is 13.3. The Labute approximate surface area is 169 Å². The normalized spacial score (nSPS) is 21.7. The Morgan fingerprint density at radius 1 is 1.25 bits per heavy atom. The maximum absolute atomic E-state index is 13.3. The molecule has 28 heavy (non-hydrogen) atoms. The van der Waals surface area contributed by atoms with Crippen LogP contribution in [-0.4, -0.2) is 37.8 Å². The van der Waals surface area contributed by atoms with Crippen molar-refractivity contribution in [3.05, 3.63) is 28.7 Å². The van der Waals surface area contributed by atoms with Gasteiger partial charge >= 0.3 is 0 Å². The Hall–Kier alpha value is -2.06. The number of aromatic nitrogens is 3. The Bertz CT molecular complexity index is 860. The second-order valence-corrected chi connectivity index (χ2v) is 9.23. The number of anilines is 2. The van der Waals surface area contributed by atoms with Crippen molar-refractivity contribution in [1.82, 2.24) is 19.9 Å². The van der Waals surface area contributed by atoms with Crippen LogP contribution in [0.3, 0.4) is 0 Å². The summed E-state index contributed by atoms with van der Waals surface area (Å²) in [6.45, 7) is 4.66. The molecule has 2 aromatic rings. The maximum Gasteiger partial charge on any atom is 0.243 e. The van der Waals surface area contributed by atoms with Crippen LogP contribution in [0.15, 0.2) is 12.3 Å². The summed E-state index contributed by atoms with van der Waals surface area (Å²) in [6, 6.07) is 1.92. The van der Waals surface area contributed by atoms with Crippen molar-refractivity contribution in [2.75, 3.05) is 11.9 Å². The largest absolute Gasteiger partial charge is 0.332 e. The van der Waals surface area contributed by atoms with Crippen molar-refractivity contribution in [1.29, 1.82) is 0 Å². The molecule has 0 spiro atoms. The van der Waals surface area contributed by atoms with E-state index in [1.165, 1.54) is 6.42 Å². The molecule has 3 N–H and O–H groups in total. The average Bonchev–Trinajstić information content (AvgIpc) is 3.30. The third kappa shape index (κ3) is 3.89. The molecule has 2 aliphatic rings. The predicted octanol–water partition coefficient (Wildman–Crippen LogP) is 3.62. The number of hydrogen-bond acceptors (Lipinski definition) is 7. The summed E-state index contributed by atoms with van der Waals surface area (Å²) >= 11 is 1.59. The lowest BCUT2D eigenvalue weighted by molar-refractivity contribution is -0.139. The number of amides is 1. The highest BCUT2D eigenvalue weighted by molar-refractivity contribution is 7.15. The van der Waals surface area contributed by atoms with E-state index in [1.807, 2.05) is 31.0 Å². The number of thiazole rings is 1. The van der Waals surface area contributed by atoms with Crippen LogP contribution >= 0.6 is 11.3 Å². The van der Waals surface area contributed by atoms with Gasteiger partial charge in [-0.2, -0.15) is 0 Å². The van der Waals surface area contributed by atoms with Gasteiger partial charge in [0.05, 0.1) is 17.3 Å². The van der Waals surface area contributed by atoms with Crippen molar-refractivity contribution >= 4 is 28.2 Å². The van der Waals surface area contributed by atoms with Crippen molar-refractivity contribution in [3.63, 3.8) is 0 Å². The zero-order valence-corrected chi connectivity index (χ0v) is 17.4. The molecule has 2 aromatic heterocycles. The first kappa shape index (κ1) is 19.3. The van der Waals surface area contributed by atoms with Gasteiger partial charge in [0, 0.05) is 23.7 Å². The summed E-state index contributed by atoms with van der Waals surface area (Å²) in [6.07, 6.45) is 8.54. The zero-order valence-electron chi connectivity index (χ0n) is 16.6. The van der Waals surface area contributed by atoms with Crippen LogP contribution < -0.4 is 11.1 Å².